The van der Waals surface area contributed by atoms with Crippen molar-refractivity contribution in [1.82, 2.24) is 10.3 Å². The van der Waals surface area contributed by atoms with Gasteiger partial charge in [0.1, 0.15) is 0 Å². The number of nitrogens with zero attached hydrogens (tertiary/aromatic N) is 1. The summed E-state index contributed by atoms with van der Waals surface area (Å²) in [5.41, 5.74) is 1.12. The second-order valence-electron chi connectivity index (χ2n) is 3.39. The van der Waals surface area contributed by atoms with Gasteiger partial charge < -0.3 is 5.32 Å². The molecule has 1 heterocycles. The van der Waals surface area contributed by atoms with Gasteiger partial charge in [-0.2, -0.15) is 0 Å². The van der Waals surface area contributed by atoms with Crippen molar-refractivity contribution in [2.75, 3.05) is 0 Å². The molecule has 72 valence electrons. The highest BCUT2D eigenvalue weighted by Crippen LogP contribution is 1.97. The summed E-state index contributed by atoms with van der Waals surface area (Å²) >= 11 is 0. The molecule has 0 aliphatic heterocycles. The average Bonchev–Trinajstić information content (AvgIpc) is 2.17. The van der Waals surface area contributed by atoms with Crippen LogP contribution in [0, 0.1) is 0 Å². The van der Waals surface area contributed by atoms with E-state index in [2.05, 4.69) is 24.1 Å². The first-order valence-corrected chi connectivity index (χ1v) is 4.96. The van der Waals surface area contributed by atoms with Crippen LogP contribution in [0.3, 0.4) is 0 Å². The van der Waals surface area contributed by atoms with E-state index >= 15 is 0 Å². The molecule has 1 N–H and O–H groups in total. The van der Waals surface area contributed by atoms with Crippen LogP contribution in [0.1, 0.15) is 32.4 Å². The van der Waals surface area contributed by atoms with Crippen molar-refractivity contribution in [1.29, 1.82) is 0 Å². The molecule has 2 nitrogen and oxygen atoms in total. The van der Waals surface area contributed by atoms with Crippen LogP contribution in [-0.4, -0.2) is 11.0 Å². The fourth-order valence-corrected chi connectivity index (χ4v) is 1.32. The SMILES string of the molecule is CCCC(C)NCc1ccccn1. The molecule has 0 amide bonds. The molecule has 0 bridgehead atoms. The lowest BCUT2D eigenvalue weighted by Crippen LogP contribution is -2.25. The van der Waals surface area contributed by atoms with Gasteiger partial charge in [0.2, 0.25) is 0 Å². The fraction of sp³-hybridized carbons (Fsp3) is 0.545. The van der Waals surface area contributed by atoms with Crippen LogP contribution < -0.4 is 5.32 Å². The molecule has 0 aliphatic rings. The summed E-state index contributed by atoms with van der Waals surface area (Å²) in [6.45, 7) is 5.30. The van der Waals surface area contributed by atoms with Gasteiger partial charge in [0, 0.05) is 18.8 Å². The maximum atomic E-state index is 4.25. The minimum atomic E-state index is 0.590. The zero-order valence-electron chi connectivity index (χ0n) is 8.46. The second-order valence-corrected chi connectivity index (χ2v) is 3.39. The van der Waals surface area contributed by atoms with E-state index in [1.807, 2.05) is 24.4 Å². The topological polar surface area (TPSA) is 24.9 Å². The monoisotopic (exact) mass is 178 g/mol. The van der Waals surface area contributed by atoms with Crippen molar-refractivity contribution in [3.05, 3.63) is 30.1 Å². The lowest BCUT2D eigenvalue weighted by atomic mass is 10.2. The lowest BCUT2D eigenvalue weighted by Gasteiger charge is -2.11. The van der Waals surface area contributed by atoms with Crippen molar-refractivity contribution in [2.24, 2.45) is 0 Å². The van der Waals surface area contributed by atoms with Crippen LogP contribution in [0.25, 0.3) is 0 Å². The van der Waals surface area contributed by atoms with Crippen molar-refractivity contribution in [3.63, 3.8) is 0 Å². The third kappa shape index (κ3) is 4.04. The Labute approximate surface area is 80.4 Å². The molecule has 1 rings (SSSR count). The highest BCUT2D eigenvalue weighted by atomic mass is 14.9. The Morgan fingerprint density at radius 3 is 2.92 bits per heavy atom. The number of aromatic nitrogens is 1. The highest BCUT2D eigenvalue weighted by Gasteiger charge is 1.99. The molecule has 1 atom stereocenters. The van der Waals surface area contributed by atoms with E-state index in [-0.39, 0.29) is 0 Å². The minimum absolute atomic E-state index is 0.590. The van der Waals surface area contributed by atoms with Gasteiger partial charge in [-0.05, 0) is 25.5 Å². The van der Waals surface area contributed by atoms with Crippen LogP contribution >= 0.6 is 0 Å². The van der Waals surface area contributed by atoms with Crippen LogP contribution in [0.2, 0.25) is 0 Å². The zero-order valence-corrected chi connectivity index (χ0v) is 8.46. The van der Waals surface area contributed by atoms with Gasteiger partial charge in [-0.15, -0.1) is 0 Å². The van der Waals surface area contributed by atoms with Crippen molar-refractivity contribution >= 4 is 0 Å². The average molecular weight is 178 g/mol. The van der Waals surface area contributed by atoms with E-state index < -0.39 is 0 Å². The normalized spacial score (nSPS) is 12.8. The Morgan fingerprint density at radius 1 is 1.46 bits per heavy atom. The molecule has 0 radical (unpaired) electrons. The molecule has 0 spiro atoms. The largest absolute Gasteiger partial charge is 0.309 e. The minimum Gasteiger partial charge on any atom is -0.309 e. The molecule has 0 aromatic carbocycles. The van der Waals surface area contributed by atoms with E-state index in [0.717, 1.165) is 12.2 Å². The number of hydrogen-bond donors (Lipinski definition) is 1. The Hall–Kier alpha value is -0.890. The number of rotatable bonds is 5. The highest BCUT2D eigenvalue weighted by molar-refractivity contribution is 5.02. The number of nitrogens with one attached hydrogen (secondary N) is 1. The van der Waals surface area contributed by atoms with Gasteiger partial charge in [0.05, 0.1) is 5.69 Å². The summed E-state index contributed by atoms with van der Waals surface area (Å²) in [5.74, 6) is 0. The Balaban J connectivity index is 2.27. The first-order valence-electron chi connectivity index (χ1n) is 4.96. The van der Waals surface area contributed by atoms with Gasteiger partial charge in [-0.1, -0.05) is 19.4 Å². The van der Waals surface area contributed by atoms with Crippen LogP contribution in [0.4, 0.5) is 0 Å². The third-order valence-electron chi connectivity index (χ3n) is 2.08. The maximum absolute atomic E-state index is 4.25. The molecule has 1 aromatic rings. The van der Waals surface area contributed by atoms with Crippen LogP contribution in [0.15, 0.2) is 24.4 Å². The van der Waals surface area contributed by atoms with Gasteiger partial charge in [0.25, 0.3) is 0 Å². The quantitative estimate of drug-likeness (QED) is 0.748. The molecule has 1 unspecified atom stereocenters. The lowest BCUT2D eigenvalue weighted by molar-refractivity contribution is 0.504. The Kier molecular flexibility index (Phi) is 4.47. The first kappa shape index (κ1) is 10.2. The third-order valence-corrected chi connectivity index (χ3v) is 2.08. The Morgan fingerprint density at radius 2 is 2.31 bits per heavy atom. The summed E-state index contributed by atoms with van der Waals surface area (Å²) in [4.78, 5) is 4.25. The predicted molar refractivity (Wildman–Crippen MR) is 55.4 cm³/mol. The van der Waals surface area contributed by atoms with Crippen molar-refractivity contribution in [2.45, 2.75) is 39.3 Å². The fourth-order valence-electron chi connectivity index (χ4n) is 1.32. The van der Waals surface area contributed by atoms with Gasteiger partial charge in [0.15, 0.2) is 0 Å². The van der Waals surface area contributed by atoms with E-state index in [9.17, 15) is 0 Å². The standard InChI is InChI=1S/C11H18N2/c1-3-6-10(2)13-9-11-7-4-5-8-12-11/h4-5,7-8,10,13H,3,6,9H2,1-2H3. The predicted octanol–water partition coefficient (Wildman–Crippen LogP) is 2.36. The first-order chi connectivity index (χ1) is 6.33. The molecule has 0 aliphatic carbocycles. The molecule has 2 heteroatoms. The zero-order chi connectivity index (χ0) is 9.52. The molecular weight excluding hydrogens is 160 g/mol. The van der Waals surface area contributed by atoms with Crippen molar-refractivity contribution < 1.29 is 0 Å². The van der Waals surface area contributed by atoms with E-state index in [1.165, 1.54) is 12.8 Å². The second kappa shape index (κ2) is 5.70. The molecule has 0 fully saturated rings. The molecule has 13 heavy (non-hydrogen) atoms. The molecule has 0 saturated carbocycles. The molecular formula is C11H18N2. The molecule has 1 aromatic heterocycles. The summed E-state index contributed by atoms with van der Waals surface area (Å²) < 4.78 is 0. The summed E-state index contributed by atoms with van der Waals surface area (Å²) in [6.07, 6.45) is 4.30. The van der Waals surface area contributed by atoms with E-state index in [4.69, 9.17) is 0 Å². The summed E-state index contributed by atoms with van der Waals surface area (Å²) in [5, 5.41) is 3.44. The van der Waals surface area contributed by atoms with E-state index in [0.29, 0.717) is 6.04 Å². The van der Waals surface area contributed by atoms with Gasteiger partial charge >= 0.3 is 0 Å². The van der Waals surface area contributed by atoms with E-state index in [1.54, 1.807) is 0 Å². The van der Waals surface area contributed by atoms with Crippen molar-refractivity contribution in [3.8, 4) is 0 Å². The number of hydrogen-bond acceptors (Lipinski definition) is 2. The number of pyridine rings is 1. The summed E-state index contributed by atoms with van der Waals surface area (Å²) in [6, 6.07) is 6.60. The maximum Gasteiger partial charge on any atom is 0.0541 e. The van der Waals surface area contributed by atoms with Gasteiger partial charge in [-0.3, -0.25) is 4.98 Å². The van der Waals surface area contributed by atoms with Gasteiger partial charge in [-0.25, -0.2) is 0 Å². The summed E-state index contributed by atoms with van der Waals surface area (Å²) in [7, 11) is 0. The van der Waals surface area contributed by atoms with Crippen LogP contribution in [-0.2, 0) is 6.54 Å². The molecule has 0 saturated heterocycles. The Bertz CT molecular complexity index is 221. The van der Waals surface area contributed by atoms with Crippen LogP contribution in [0.5, 0.6) is 0 Å². The smallest absolute Gasteiger partial charge is 0.0541 e.